The van der Waals surface area contributed by atoms with Gasteiger partial charge in [0, 0.05) is 69.3 Å². The molecule has 2 aromatic rings. The standard InChI is InChI=1S/C30H42N2O7/c1-21(2)32(30(33)22-10-11-25(35-4)27(16-22)37-13-6-12-34-3)19-24-17-31-18-28(24)39-20-23-8-5-9-26-29(23)38-15-7-14-36-26/h5,8-11,16,21,24,28,31H,6-7,12-15,17-20H2,1-4H3/t24-,28-/m0/s1. The van der Waals surface area contributed by atoms with Crippen molar-refractivity contribution >= 4 is 5.91 Å². The van der Waals surface area contributed by atoms with Crippen molar-refractivity contribution in [3.63, 3.8) is 0 Å². The van der Waals surface area contributed by atoms with Gasteiger partial charge in [-0.3, -0.25) is 4.79 Å². The Morgan fingerprint density at radius 1 is 1.08 bits per heavy atom. The first-order chi connectivity index (χ1) is 19.0. The van der Waals surface area contributed by atoms with E-state index in [0.29, 0.717) is 56.6 Å². The summed E-state index contributed by atoms with van der Waals surface area (Å²) >= 11 is 0. The molecule has 9 heteroatoms. The lowest BCUT2D eigenvalue weighted by atomic mass is 10.0. The number of nitrogens with one attached hydrogen (secondary N) is 1. The highest BCUT2D eigenvalue weighted by Gasteiger charge is 2.33. The van der Waals surface area contributed by atoms with Gasteiger partial charge in [-0.2, -0.15) is 0 Å². The molecule has 4 rings (SSSR count). The molecule has 2 aliphatic rings. The van der Waals surface area contributed by atoms with Gasteiger partial charge in [0.15, 0.2) is 23.0 Å². The molecule has 1 amide bonds. The maximum Gasteiger partial charge on any atom is 0.254 e. The molecule has 1 N–H and O–H groups in total. The number of carbonyl (C=O) groups excluding carboxylic acids is 1. The van der Waals surface area contributed by atoms with Crippen LogP contribution in [0, 0.1) is 5.92 Å². The Hall–Kier alpha value is -3.01. The maximum absolute atomic E-state index is 13.7. The Labute approximate surface area is 231 Å². The van der Waals surface area contributed by atoms with Crippen LogP contribution in [0.15, 0.2) is 36.4 Å². The van der Waals surface area contributed by atoms with E-state index in [9.17, 15) is 4.79 Å². The van der Waals surface area contributed by atoms with Crippen molar-refractivity contribution in [3.05, 3.63) is 47.5 Å². The lowest BCUT2D eigenvalue weighted by Gasteiger charge is -2.31. The van der Waals surface area contributed by atoms with Crippen LogP contribution in [-0.4, -0.2) is 83.2 Å². The summed E-state index contributed by atoms with van der Waals surface area (Å²) in [4.78, 5) is 15.6. The molecule has 0 aromatic heterocycles. The van der Waals surface area contributed by atoms with E-state index in [2.05, 4.69) is 5.32 Å². The van der Waals surface area contributed by atoms with E-state index >= 15 is 0 Å². The summed E-state index contributed by atoms with van der Waals surface area (Å²) in [6.45, 7) is 8.97. The first kappa shape index (κ1) is 29.0. The monoisotopic (exact) mass is 542 g/mol. The van der Waals surface area contributed by atoms with Crippen LogP contribution in [0.4, 0.5) is 0 Å². The summed E-state index contributed by atoms with van der Waals surface area (Å²) in [6.07, 6.45) is 1.58. The third kappa shape index (κ3) is 7.56. The van der Waals surface area contributed by atoms with Crippen LogP contribution in [0.3, 0.4) is 0 Å². The van der Waals surface area contributed by atoms with Gasteiger partial charge in [-0.1, -0.05) is 12.1 Å². The Kier molecular flexibility index (Phi) is 10.7. The molecule has 9 nitrogen and oxygen atoms in total. The molecule has 2 aliphatic heterocycles. The molecule has 1 fully saturated rings. The van der Waals surface area contributed by atoms with Crippen molar-refractivity contribution in [3.8, 4) is 23.0 Å². The molecule has 0 radical (unpaired) electrons. The molecule has 0 saturated carbocycles. The van der Waals surface area contributed by atoms with Gasteiger partial charge in [0.25, 0.3) is 5.91 Å². The minimum absolute atomic E-state index is 0.0161. The van der Waals surface area contributed by atoms with Crippen LogP contribution >= 0.6 is 0 Å². The van der Waals surface area contributed by atoms with Gasteiger partial charge >= 0.3 is 0 Å². The molecule has 2 atom stereocenters. The van der Waals surface area contributed by atoms with Gasteiger partial charge in [0.1, 0.15) is 0 Å². The zero-order valence-corrected chi connectivity index (χ0v) is 23.6. The highest BCUT2D eigenvalue weighted by Crippen LogP contribution is 2.34. The minimum Gasteiger partial charge on any atom is -0.493 e. The number of nitrogens with zero attached hydrogens (tertiary/aromatic N) is 1. The highest BCUT2D eigenvalue weighted by molar-refractivity contribution is 5.95. The van der Waals surface area contributed by atoms with Crippen LogP contribution in [-0.2, 0) is 16.1 Å². The number of ether oxygens (including phenoxy) is 6. The molecular formula is C30H42N2O7. The zero-order valence-electron chi connectivity index (χ0n) is 23.6. The first-order valence-electron chi connectivity index (χ1n) is 13.8. The van der Waals surface area contributed by atoms with Gasteiger partial charge in [0.05, 0.1) is 39.6 Å². The van der Waals surface area contributed by atoms with Crippen molar-refractivity contribution in [2.45, 2.75) is 45.4 Å². The van der Waals surface area contributed by atoms with Crippen molar-refractivity contribution in [2.24, 2.45) is 5.92 Å². The van der Waals surface area contributed by atoms with Crippen molar-refractivity contribution in [1.82, 2.24) is 10.2 Å². The SMILES string of the molecule is COCCCOc1cc(C(=O)N(C[C@@H]2CNC[C@@H]2OCc2cccc3c2OCCCO3)C(C)C)ccc1OC. The molecule has 2 aromatic carbocycles. The number of hydrogen-bond acceptors (Lipinski definition) is 8. The van der Waals surface area contributed by atoms with Gasteiger partial charge in [-0.15, -0.1) is 0 Å². The maximum atomic E-state index is 13.7. The second-order valence-corrected chi connectivity index (χ2v) is 10.2. The normalized spacial score (nSPS) is 18.6. The van der Waals surface area contributed by atoms with E-state index in [1.54, 1.807) is 32.4 Å². The fourth-order valence-electron chi connectivity index (χ4n) is 4.91. The van der Waals surface area contributed by atoms with Crippen molar-refractivity contribution in [2.75, 3.05) is 60.3 Å². The largest absolute Gasteiger partial charge is 0.493 e. The molecule has 1 saturated heterocycles. The topological polar surface area (TPSA) is 87.7 Å². The summed E-state index contributed by atoms with van der Waals surface area (Å²) in [6, 6.07) is 11.3. The Morgan fingerprint density at radius 3 is 2.72 bits per heavy atom. The lowest BCUT2D eigenvalue weighted by Crippen LogP contribution is -2.43. The second kappa shape index (κ2) is 14.4. The Balaban J connectivity index is 1.42. The third-order valence-corrected chi connectivity index (χ3v) is 7.06. The summed E-state index contributed by atoms with van der Waals surface area (Å²) in [7, 11) is 3.26. The number of hydrogen-bond donors (Lipinski definition) is 1. The molecule has 0 spiro atoms. The smallest absolute Gasteiger partial charge is 0.254 e. The van der Waals surface area contributed by atoms with E-state index in [1.807, 2.05) is 36.9 Å². The Morgan fingerprint density at radius 2 is 1.92 bits per heavy atom. The fourth-order valence-corrected chi connectivity index (χ4v) is 4.91. The van der Waals surface area contributed by atoms with Crippen LogP contribution in [0.1, 0.15) is 42.6 Å². The van der Waals surface area contributed by atoms with Gasteiger partial charge in [-0.25, -0.2) is 0 Å². The average molecular weight is 543 g/mol. The number of benzene rings is 2. The van der Waals surface area contributed by atoms with Gasteiger partial charge in [0.2, 0.25) is 0 Å². The van der Waals surface area contributed by atoms with Crippen LogP contribution in [0.5, 0.6) is 23.0 Å². The minimum atomic E-state index is -0.0426. The van der Waals surface area contributed by atoms with Gasteiger partial charge < -0.3 is 38.6 Å². The predicted octanol–water partition coefficient (Wildman–Crippen LogP) is 3.93. The summed E-state index contributed by atoms with van der Waals surface area (Å²) in [5.41, 5.74) is 1.55. The number of para-hydroxylation sites is 1. The molecular weight excluding hydrogens is 500 g/mol. The highest BCUT2D eigenvalue weighted by atomic mass is 16.5. The average Bonchev–Trinajstić information content (AvgIpc) is 3.25. The van der Waals surface area contributed by atoms with E-state index in [1.165, 1.54) is 0 Å². The van der Waals surface area contributed by atoms with Crippen LogP contribution < -0.4 is 24.3 Å². The summed E-state index contributed by atoms with van der Waals surface area (Å²) in [5, 5.41) is 3.45. The number of rotatable bonds is 13. The number of amides is 1. The summed E-state index contributed by atoms with van der Waals surface area (Å²) in [5.74, 6) is 2.81. The van der Waals surface area contributed by atoms with E-state index in [-0.39, 0.29) is 24.0 Å². The second-order valence-electron chi connectivity index (χ2n) is 10.2. The van der Waals surface area contributed by atoms with Crippen molar-refractivity contribution in [1.29, 1.82) is 0 Å². The fraction of sp³-hybridized carbons (Fsp3) is 0.567. The van der Waals surface area contributed by atoms with Crippen molar-refractivity contribution < 1.29 is 33.2 Å². The zero-order chi connectivity index (χ0) is 27.6. The third-order valence-electron chi connectivity index (χ3n) is 7.06. The summed E-state index contributed by atoms with van der Waals surface area (Å²) < 4.78 is 34.7. The quantitative estimate of drug-likeness (QED) is 0.381. The van der Waals surface area contributed by atoms with E-state index < -0.39 is 0 Å². The number of carbonyl (C=O) groups is 1. The molecule has 0 aliphatic carbocycles. The molecule has 0 bridgehead atoms. The molecule has 39 heavy (non-hydrogen) atoms. The number of methoxy groups -OCH3 is 2. The number of fused-ring (bicyclic) bond motifs is 1. The van der Waals surface area contributed by atoms with Gasteiger partial charge in [-0.05, 0) is 38.1 Å². The van der Waals surface area contributed by atoms with Crippen LogP contribution in [0.25, 0.3) is 0 Å². The van der Waals surface area contributed by atoms with E-state index in [0.717, 1.165) is 43.0 Å². The lowest BCUT2D eigenvalue weighted by molar-refractivity contribution is 0.0120. The molecule has 2 heterocycles. The van der Waals surface area contributed by atoms with E-state index in [4.69, 9.17) is 28.4 Å². The molecule has 214 valence electrons. The predicted molar refractivity (Wildman–Crippen MR) is 148 cm³/mol. The van der Waals surface area contributed by atoms with Crippen LogP contribution in [0.2, 0.25) is 0 Å². The Bertz CT molecular complexity index is 1080. The first-order valence-corrected chi connectivity index (χ1v) is 13.8. The molecule has 0 unspecified atom stereocenters.